The highest BCUT2D eigenvalue weighted by molar-refractivity contribution is 9.09. The summed E-state index contributed by atoms with van der Waals surface area (Å²) in [6, 6.07) is 5.22. The molecule has 0 aliphatic heterocycles. The second kappa shape index (κ2) is 4.78. The van der Waals surface area contributed by atoms with Crippen molar-refractivity contribution in [1.82, 2.24) is 0 Å². The van der Waals surface area contributed by atoms with Crippen LogP contribution in [0.3, 0.4) is 0 Å². The fourth-order valence-corrected chi connectivity index (χ4v) is 1.06. The molecular weight excluding hydrogens is 232 g/mol. The molecule has 0 saturated carbocycles. The molecule has 2 nitrogen and oxygen atoms in total. The molecule has 0 amide bonds. The molecule has 1 rings (SSSR count). The lowest BCUT2D eigenvalue weighted by atomic mass is 10.2. The molecule has 0 atom stereocenters. The molecule has 0 aromatic heterocycles. The van der Waals surface area contributed by atoms with E-state index in [9.17, 15) is 5.11 Å². The van der Waals surface area contributed by atoms with Crippen LogP contribution < -0.4 is 4.74 Å². The first-order valence-electron chi connectivity index (χ1n) is 3.70. The third kappa shape index (κ3) is 2.40. The Bertz CT molecular complexity index is 350. The Morgan fingerprint density at radius 3 is 2.92 bits per heavy atom. The molecule has 0 heterocycles. The van der Waals surface area contributed by atoms with Crippen molar-refractivity contribution in [3.05, 3.63) is 23.8 Å². The monoisotopic (exact) mass is 240 g/mol. The number of aromatic hydroxyl groups is 1. The maximum Gasteiger partial charge on any atom is 0.173 e. The molecule has 3 heteroatoms. The lowest BCUT2D eigenvalue weighted by molar-refractivity contribution is 0.373. The van der Waals surface area contributed by atoms with Gasteiger partial charge in [0.25, 0.3) is 0 Å². The van der Waals surface area contributed by atoms with Gasteiger partial charge in [0.05, 0.1) is 18.0 Å². The Morgan fingerprint density at radius 2 is 2.31 bits per heavy atom. The summed E-state index contributed by atoms with van der Waals surface area (Å²) in [7, 11) is 1.51. The average molecular weight is 241 g/mol. The predicted molar refractivity (Wildman–Crippen MR) is 55.3 cm³/mol. The summed E-state index contributed by atoms with van der Waals surface area (Å²) in [6.45, 7) is 0. The first-order valence-corrected chi connectivity index (χ1v) is 4.82. The van der Waals surface area contributed by atoms with Crippen molar-refractivity contribution in [2.75, 3.05) is 12.4 Å². The van der Waals surface area contributed by atoms with Gasteiger partial charge in [-0.1, -0.05) is 33.8 Å². The largest absolute Gasteiger partial charge is 0.503 e. The first-order chi connectivity index (χ1) is 6.29. The van der Waals surface area contributed by atoms with E-state index in [1.165, 1.54) is 7.11 Å². The quantitative estimate of drug-likeness (QED) is 0.603. The van der Waals surface area contributed by atoms with E-state index in [0.717, 1.165) is 0 Å². The van der Waals surface area contributed by atoms with Crippen molar-refractivity contribution >= 4 is 15.9 Å². The summed E-state index contributed by atoms with van der Waals surface area (Å²) in [5.41, 5.74) is 0.582. The molecule has 0 fully saturated rings. The van der Waals surface area contributed by atoms with Crippen molar-refractivity contribution in [1.29, 1.82) is 0 Å². The lowest BCUT2D eigenvalue weighted by Gasteiger charge is -2.03. The summed E-state index contributed by atoms with van der Waals surface area (Å²) < 4.78 is 4.94. The van der Waals surface area contributed by atoms with Crippen LogP contribution in [0.4, 0.5) is 0 Å². The van der Waals surface area contributed by atoms with Gasteiger partial charge < -0.3 is 9.84 Å². The third-order valence-electron chi connectivity index (χ3n) is 1.51. The summed E-state index contributed by atoms with van der Waals surface area (Å²) >= 11 is 3.18. The van der Waals surface area contributed by atoms with E-state index >= 15 is 0 Å². The van der Waals surface area contributed by atoms with Crippen molar-refractivity contribution in [2.24, 2.45) is 0 Å². The van der Waals surface area contributed by atoms with Gasteiger partial charge in [0.2, 0.25) is 0 Å². The van der Waals surface area contributed by atoms with Crippen LogP contribution >= 0.6 is 15.9 Å². The maximum atomic E-state index is 9.57. The SMILES string of the molecule is COc1cccc(C#CCBr)c1O. The zero-order chi connectivity index (χ0) is 9.68. The van der Waals surface area contributed by atoms with Gasteiger partial charge in [0.15, 0.2) is 11.5 Å². The van der Waals surface area contributed by atoms with E-state index < -0.39 is 0 Å². The van der Waals surface area contributed by atoms with E-state index in [1.807, 2.05) is 0 Å². The van der Waals surface area contributed by atoms with Crippen LogP contribution in [0.25, 0.3) is 0 Å². The predicted octanol–water partition coefficient (Wildman–Crippen LogP) is 2.15. The summed E-state index contributed by atoms with van der Waals surface area (Å²) in [5.74, 6) is 6.16. The highest BCUT2D eigenvalue weighted by Gasteiger charge is 2.03. The lowest BCUT2D eigenvalue weighted by Crippen LogP contribution is -1.85. The Morgan fingerprint density at radius 1 is 1.54 bits per heavy atom. The number of hydrogen-bond donors (Lipinski definition) is 1. The highest BCUT2D eigenvalue weighted by Crippen LogP contribution is 2.28. The number of alkyl halides is 1. The van der Waals surface area contributed by atoms with Gasteiger partial charge in [-0.2, -0.15) is 0 Å². The first kappa shape index (κ1) is 9.94. The standard InChI is InChI=1S/C10H9BrO2/c1-13-9-6-2-4-8(10(9)12)5-3-7-11/h2,4,6,12H,7H2,1H3. The van der Waals surface area contributed by atoms with E-state index in [1.54, 1.807) is 18.2 Å². The van der Waals surface area contributed by atoms with Gasteiger partial charge in [0.1, 0.15) is 0 Å². The molecule has 0 saturated heterocycles. The second-order valence-corrected chi connectivity index (χ2v) is 2.85. The number of ether oxygens (including phenoxy) is 1. The van der Waals surface area contributed by atoms with Crippen LogP contribution in [0.2, 0.25) is 0 Å². The molecule has 1 N–H and O–H groups in total. The van der Waals surface area contributed by atoms with Crippen LogP contribution in [0.1, 0.15) is 5.56 Å². The molecule has 1 aromatic carbocycles. The number of rotatable bonds is 1. The minimum absolute atomic E-state index is 0.0958. The molecule has 1 aromatic rings. The Balaban J connectivity index is 3.08. The maximum absolute atomic E-state index is 9.57. The second-order valence-electron chi connectivity index (χ2n) is 2.29. The topological polar surface area (TPSA) is 29.5 Å². The Kier molecular flexibility index (Phi) is 3.66. The molecule has 68 valence electrons. The number of phenolic OH excluding ortho intramolecular Hbond substituents is 1. The molecule has 0 aliphatic carbocycles. The number of benzene rings is 1. The summed E-state index contributed by atoms with van der Waals surface area (Å²) in [4.78, 5) is 0. The van der Waals surface area contributed by atoms with Crippen molar-refractivity contribution in [2.45, 2.75) is 0 Å². The summed E-state index contributed by atoms with van der Waals surface area (Å²) in [5, 5.41) is 10.2. The number of phenols is 1. The van der Waals surface area contributed by atoms with E-state index in [4.69, 9.17) is 4.74 Å². The van der Waals surface area contributed by atoms with Crippen LogP contribution in [0.15, 0.2) is 18.2 Å². The number of hydrogen-bond acceptors (Lipinski definition) is 2. The van der Waals surface area contributed by atoms with Gasteiger partial charge in [-0.15, -0.1) is 0 Å². The van der Waals surface area contributed by atoms with Gasteiger partial charge >= 0.3 is 0 Å². The van der Waals surface area contributed by atoms with Crippen molar-refractivity contribution < 1.29 is 9.84 Å². The van der Waals surface area contributed by atoms with E-state index in [-0.39, 0.29) is 5.75 Å². The molecule has 0 unspecified atom stereocenters. The van der Waals surface area contributed by atoms with Gasteiger partial charge in [-0.3, -0.25) is 0 Å². The van der Waals surface area contributed by atoms with Crippen LogP contribution in [-0.2, 0) is 0 Å². The molecule has 0 radical (unpaired) electrons. The number of halogens is 1. The van der Waals surface area contributed by atoms with E-state index in [2.05, 4.69) is 27.8 Å². The molecular formula is C10H9BrO2. The minimum atomic E-state index is 0.0958. The van der Waals surface area contributed by atoms with Crippen LogP contribution in [0, 0.1) is 11.8 Å². The van der Waals surface area contributed by atoms with Crippen molar-refractivity contribution in [3.8, 4) is 23.3 Å². The molecule has 13 heavy (non-hydrogen) atoms. The fraction of sp³-hybridized carbons (Fsp3) is 0.200. The summed E-state index contributed by atoms with van der Waals surface area (Å²) in [6.07, 6.45) is 0. The zero-order valence-electron chi connectivity index (χ0n) is 7.17. The number of para-hydroxylation sites is 1. The van der Waals surface area contributed by atoms with Gasteiger partial charge in [-0.25, -0.2) is 0 Å². The average Bonchev–Trinajstić information content (AvgIpc) is 2.16. The normalized spacial score (nSPS) is 8.77. The highest BCUT2D eigenvalue weighted by atomic mass is 79.9. The van der Waals surface area contributed by atoms with Crippen LogP contribution in [-0.4, -0.2) is 17.5 Å². The van der Waals surface area contributed by atoms with Gasteiger partial charge in [0, 0.05) is 0 Å². The zero-order valence-corrected chi connectivity index (χ0v) is 8.76. The molecule has 0 bridgehead atoms. The smallest absolute Gasteiger partial charge is 0.173 e. The number of methoxy groups -OCH3 is 1. The Hall–Kier alpha value is -1.14. The van der Waals surface area contributed by atoms with Crippen molar-refractivity contribution in [3.63, 3.8) is 0 Å². The van der Waals surface area contributed by atoms with Gasteiger partial charge in [-0.05, 0) is 12.1 Å². The molecule has 0 aliphatic rings. The van der Waals surface area contributed by atoms with E-state index in [0.29, 0.717) is 16.6 Å². The third-order valence-corrected chi connectivity index (χ3v) is 1.79. The molecule has 0 spiro atoms. The fourth-order valence-electron chi connectivity index (χ4n) is 0.917. The Labute approximate surface area is 85.7 Å². The minimum Gasteiger partial charge on any atom is -0.503 e. The van der Waals surface area contributed by atoms with Crippen LogP contribution in [0.5, 0.6) is 11.5 Å².